The maximum atomic E-state index is 12.3. The Bertz CT molecular complexity index is 449. The highest BCUT2D eigenvalue weighted by Gasteiger charge is 2.53. The Morgan fingerprint density at radius 1 is 0.917 bits per heavy atom. The molecule has 0 aromatic heterocycles. The summed E-state index contributed by atoms with van der Waals surface area (Å²) in [4.78, 5) is 23.7. The van der Waals surface area contributed by atoms with E-state index in [1.165, 1.54) is 44.9 Å². The molecule has 136 valence electrons. The molecule has 2 N–H and O–H groups in total. The molecule has 0 aromatic rings. The number of carboxylic acid groups (broad SMARTS) is 1. The summed E-state index contributed by atoms with van der Waals surface area (Å²) < 4.78 is 5.53. The third-order valence-corrected chi connectivity index (χ3v) is 5.07. The number of rotatable bonds is 12. The standard InChI is InChI=1S/C19H31NO4/c1-2-3-4-5-6-7-8-9-10-13-20-18(21)16-14-11-12-15(24-14)17(16)19(22)23/h11-12,14-17H,2-10,13H2,1H3,(H,20,21)(H,22,23)/t14-,15+,16+,17-/m0/s1. The minimum Gasteiger partial charge on any atom is -0.481 e. The highest BCUT2D eigenvalue weighted by atomic mass is 16.5. The van der Waals surface area contributed by atoms with E-state index in [9.17, 15) is 14.7 Å². The van der Waals surface area contributed by atoms with E-state index in [1.807, 2.05) is 6.08 Å². The fourth-order valence-corrected chi connectivity index (χ4v) is 3.68. The number of amides is 1. The molecule has 2 aliphatic rings. The summed E-state index contributed by atoms with van der Waals surface area (Å²) in [5.74, 6) is -2.46. The lowest BCUT2D eigenvalue weighted by Crippen LogP contribution is -2.42. The molecule has 2 bridgehead atoms. The number of carboxylic acids is 1. The van der Waals surface area contributed by atoms with Crippen LogP contribution in [0.3, 0.4) is 0 Å². The van der Waals surface area contributed by atoms with E-state index in [2.05, 4.69) is 12.2 Å². The molecule has 2 heterocycles. The fraction of sp³-hybridized carbons (Fsp3) is 0.789. The Labute approximate surface area is 144 Å². The minimum absolute atomic E-state index is 0.182. The van der Waals surface area contributed by atoms with Crippen LogP contribution in [0.25, 0.3) is 0 Å². The quantitative estimate of drug-likeness (QED) is 0.423. The number of ether oxygens (including phenoxy) is 1. The summed E-state index contributed by atoms with van der Waals surface area (Å²) in [7, 11) is 0. The largest absolute Gasteiger partial charge is 0.481 e. The van der Waals surface area contributed by atoms with E-state index in [4.69, 9.17) is 4.74 Å². The van der Waals surface area contributed by atoms with Crippen LogP contribution in [-0.2, 0) is 14.3 Å². The molecule has 0 saturated carbocycles. The summed E-state index contributed by atoms with van der Waals surface area (Å²) in [6, 6.07) is 0. The number of carbonyl (C=O) groups excluding carboxylic acids is 1. The van der Waals surface area contributed by atoms with Gasteiger partial charge in [-0.25, -0.2) is 0 Å². The SMILES string of the molecule is CCCCCCCCCCCNC(=O)[C@H]1[C@@H](C(=O)O)[C@H]2C=C[C@@H]1O2. The molecular weight excluding hydrogens is 306 g/mol. The zero-order valence-corrected chi connectivity index (χ0v) is 14.7. The lowest BCUT2D eigenvalue weighted by molar-refractivity contribution is -0.146. The molecule has 0 aliphatic carbocycles. The Balaban J connectivity index is 1.55. The smallest absolute Gasteiger partial charge is 0.310 e. The third kappa shape index (κ3) is 5.07. The van der Waals surface area contributed by atoms with Gasteiger partial charge in [-0.2, -0.15) is 0 Å². The number of fused-ring (bicyclic) bond motifs is 2. The molecule has 0 aromatic carbocycles. The molecule has 1 fully saturated rings. The van der Waals surface area contributed by atoms with Gasteiger partial charge in [-0.3, -0.25) is 9.59 Å². The van der Waals surface area contributed by atoms with Gasteiger partial charge >= 0.3 is 5.97 Å². The molecule has 0 radical (unpaired) electrons. The van der Waals surface area contributed by atoms with Crippen LogP contribution in [0.4, 0.5) is 0 Å². The lowest BCUT2D eigenvalue weighted by atomic mass is 9.82. The predicted molar refractivity (Wildman–Crippen MR) is 92.7 cm³/mol. The normalized spacial score (nSPS) is 27.5. The molecule has 24 heavy (non-hydrogen) atoms. The van der Waals surface area contributed by atoms with Crippen molar-refractivity contribution < 1.29 is 19.4 Å². The number of carbonyl (C=O) groups is 2. The third-order valence-electron chi connectivity index (χ3n) is 5.07. The van der Waals surface area contributed by atoms with Crippen LogP contribution in [0.2, 0.25) is 0 Å². The first-order valence-electron chi connectivity index (χ1n) is 9.49. The fourth-order valence-electron chi connectivity index (χ4n) is 3.68. The average Bonchev–Trinajstić information content (AvgIpc) is 3.17. The maximum absolute atomic E-state index is 12.3. The first-order chi connectivity index (χ1) is 11.6. The molecular formula is C19H31NO4. The first kappa shape index (κ1) is 19.0. The number of hydrogen-bond donors (Lipinski definition) is 2. The molecule has 0 unspecified atom stereocenters. The number of nitrogens with one attached hydrogen (secondary N) is 1. The van der Waals surface area contributed by atoms with Gasteiger partial charge in [0.2, 0.25) is 5.91 Å². The van der Waals surface area contributed by atoms with Gasteiger partial charge in [0.05, 0.1) is 18.1 Å². The van der Waals surface area contributed by atoms with Crippen molar-refractivity contribution in [2.24, 2.45) is 11.8 Å². The van der Waals surface area contributed by atoms with E-state index in [0.717, 1.165) is 12.8 Å². The number of unbranched alkanes of at least 4 members (excludes halogenated alkanes) is 8. The highest BCUT2D eigenvalue weighted by Crippen LogP contribution is 2.39. The van der Waals surface area contributed by atoms with E-state index >= 15 is 0 Å². The lowest BCUT2D eigenvalue weighted by Gasteiger charge is -2.20. The topological polar surface area (TPSA) is 75.6 Å². The summed E-state index contributed by atoms with van der Waals surface area (Å²) in [6.45, 7) is 2.85. The van der Waals surface area contributed by atoms with Gasteiger partial charge in [0.1, 0.15) is 5.92 Å². The average molecular weight is 337 g/mol. The molecule has 0 spiro atoms. The van der Waals surface area contributed by atoms with Gasteiger partial charge in [0.25, 0.3) is 0 Å². The van der Waals surface area contributed by atoms with Crippen molar-refractivity contribution in [2.75, 3.05) is 6.54 Å². The Hall–Kier alpha value is -1.36. The van der Waals surface area contributed by atoms with E-state index in [1.54, 1.807) is 6.08 Å². The zero-order chi connectivity index (χ0) is 17.4. The molecule has 4 atom stereocenters. The molecule has 5 heteroatoms. The van der Waals surface area contributed by atoms with Crippen LogP contribution in [-0.4, -0.2) is 35.7 Å². The van der Waals surface area contributed by atoms with Gasteiger partial charge in [0.15, 0.2) is 0 Å². The summed E-state index contributed by atoms with van der Waals surface area (Å²) in [5.41, 5.74) is 0. The second kappa shape index (κ2) is 9.82. The van der Waals surface area contributed by atoms with Crippen LogP contribution in [0.15, 0.2) is 12.2 Å². The van der Waals surface area contributed by atoms with Crippen molar-refractivity contribution >= 4 is 11.9 Å². The number of hydrogen-bond acceptors (Lipinski definition) is 3. The van der Waals surface area contributed by atoms with Crippen molar-refractivity contribution in [3.8, 4) is 0 Å². The van der Waals surface area contributed by atoms with Crippen molar-refractivity contribution in [1.82, 2.24) is 5.32 Å². The van der Waals surface area contributed by atoms with Crippen LogP contribution in [0.5, 0.6) is 0 Å². The monoisotopic (exact) mass is 337 g/mol. The molecule has 2 rings (SSSR count). The van der Waals surface area contributed by atoms with E-state index < -0.39 is 23.9 Å². The zero-order valence-electron chi connectivity index (χ0n) is 14.7. The second-order valence-corrected chi connectivity index (χ2v) is 6.96. The van der Waals surface area contributed by atoms with Crippen LogP contribution in [0.1, 0.15) is 64.7 Å². The molecule has 5 nitrogen and oxygen atoms in total. The Kier molecular flexibility index (Phi) is 7.76. The van der Waals surface area contributed by atoms with Gasteiger partial charge in [-0.15, -0.1) is 0 Å². The van der Waals surface area contributed by atoms with Gasteiger partial charge in [-0.1, -0.05) is 70.4 Å². The van der Waals surface area contributed by atoms with Crippen molar-refractivity contribution in [3.05, 3.63) is 12.2 Å². The summed E-state index contributed by atoms with van der Waals surface area (Å²) in [5, 5.41) is 12.2. The van der Waals surface area contributed by atoms with E-state index in [-0.39, 0.29) is 12.0 Å². The second-order valence-electron chi connectivity index (χ2n) is 6.96. The Morgan fingerprint density at radius 3 is 2.04 bits per heavy atom. The van der Waals surface area contributed by atoms with Crippen LogP contribution in [0, 0.1) is 11.8 Å². The molecule has 1 saturated heterocycles. The van der Waals surface area contributed by atoms with Gasteiger partial charge in [0, 0.05) is 6.54 Å². The molecule has 1 amide bonds. The van der Waals surface area contributed by atoms with E-state index in [0.29, 0.717) is 6.54 Å². The number of aliphatic carboxylic acids is 1. The van der Waals surface area contributed by atoms with Crippen molar-refractivity contribution in [2.45, 2.75) is 76.9 Å². The van der Waals surface area contributed by atoms with Crippen LogP contribution < -0.4 is 5.32 Å². The Morgan fingerprint density at radius 2 is 1.46 bits per heavy atom. The van der Waals surface area contributed by atoms with Gasteiger partial charge in [-0.05, 0) is 6.42 Å². The van der Waals surface area contributed by atoms with Crippen molar-refractivity contribution in [3.63, 3.8) is 0 Å². The minimum atomic E-state index is -0.949. The predicted octanol–water partition coefficient (Wildman–Crippen LogP) is 3.29. The summed E-state index contributed by atoms with van der Waals surface area (Å²) >= 11 is 0. The summed E-state index contributed by atoms with van der Waals surface area (Å²) in [6.07, 6.45) is 13.9. The van der Waals surface area contributed by atoms with Gasteiger partial charge < -0.3 is 15.2 Å². The maximum Gasteiger partial charge on any atom is 0.310 e. The first-order valence-corrected chi connectivity index (χ1v) is 9.49. The van der Waals surface area contributed by atoms with Crippen LogP contribution >= 0.6 is 0 Å². The van der Waals surface area contributed by atoms with Crippen molar-refractivity contribution in [1.29, 1.82) is 0 Å². The molecule has 2 aliphatic heterocycles. The highest BCUT2D eigenvalue weighted by molar-refractivity contribution is 5.87.